The van der Waals surface area contributed by atoms with Crippen molar-refractivity contribution in [1.29, 1.82) is 0 Å². The average Bonchev–Trinajstić information content (AvgIpc) is 3.47. The molecule has 7 heteroatoms. The third-order valence-corrected chi connectivity index (χ3v) is 5.70. The van der Waals surface area contributed by atoms with E-state index in [-0.39, 0.29) is 23.3 Å². The van der Waals surface area contributed by atoms with Gasteiger partial charge in [0.15, 0.2) is 0 Å². The van der Waals surface area contributed by atoms with Crippen LogP contribution in [0.3, 0.4) is 0 Å². The number of amides is 2. The predicted molar refractivity (Wildman–Crippen MR) is 108 cm³/mol. The van der Waals surface area contributed by atoms with Crippen LogP contribution in [0.25, 0.3) is 0 Å². The number of anilines is 1. The summed E-state index contributed by atoms with van der Waals surface area (Å²) in [5.74, 6) is -0.480. The number of piperazine rings is 1. The molecule has 0 radical (unpaired) electrons. The first-order chi connectivity index (χ1) is 14.0. The molecule has 1 aliphatic heterocycles. The van der Waals surface area contributed by atoms with Gasteiger partial charge in [0.25, 0.3) is 5.91 Å². The highest BCUT2D eigenvalue weighted by molar-refractivity contribution is 6.04. The number of aromatic nitrogens is 1. The fourth-order valence-electron chi connectivity index (χ4n) is 3.74. The molecule has 1 saturated heterocycles. The maximum atomic E-state index is 13.9. The second-order valence-electron chi connectivity index (χ2n) is 7.93. The lowest BCUT2D eigenvalue weighted by Gasteiger charge is -2.35. The van der Waals surface area contributed by atoms with Gasteiger partial charge in [-0.2, -0.15) is 0 Å². The van der Waals surface area contributed by atoms with Crippen LogP contribution in [0.5, 0.6) is 0 Å². The van der Waals surface area contributed by atoms with Crippen LogP contribution in [0.15, 0.2) is 42.7 Å². The Morgan fingerprint density at radius 1 is 1.21 bits per heavy atom. The Labute approximate surface area is 169 Å². The van der Waals surface area contributed by atoms with Gasteiger partial charge in [-0.05, 0) is 42.2 Å². The largest absolute Gasteiger partial charge is 0.336 e. The monoisotopic (exact) mass is 396 g/mol. The van der Waals surface area contributed by atoms with Crippen molar-refractivity contribution in [1.82, 2.24) is 14.8 Å². The van der Waals surface area contributed by atoms with Gasteiger partial charge < -0.3 is 10.2 Å². The second kappa shape index (κ2) is 8.29. The molecule has 2 aromatic rings. The van der Waals surface area contributed by atoms with Gasteiger partial charge in [-0.3, -0.25) is 19.5 Å². The molecule has 1 aromatic heterocycles. The van der Waals surface area contributed by atoms with Crippen LogP contribution in [0, 0.1) is 17.7 Å². The lowest BCUT2D eigenvalue weighted by Crippen LogP contribution is -2.48. The lowest BCUT2D eigenvalue weighted by atomic mass is 10.1. The van der Waals surface area contributed by atoms with Crippen molar-refractivity contribution in [2.45, 2.75) is 19.9 Å². The summed E-state index contributed by atoms with van der Waals surface area (Å²) in [6.07, 6.45) is 4.45. The summed E-state index contributed by atoms with van der Waals surface area (Å²) in [6, 6.07) is 7.92. The molecule has 2 amide bonds. The number of halogens is 1. The maximum Gasteiger partial charge on any atom is 0.256 e. The van der Waals surface area contributed by atoms with Crippen LogP contribution in [-0.4, -0.2) is 52.8 Å². The molecule has 4 rings (SSSR count). The molecule has 1 aliphatic carbocycles. The van der Waals surface area contributed by atoms with E-state index in [2.05, 4.69) is 15.2 Å². The van der Waals surface area contributed by atoms with Gasteiger partial charge in [-0.15, -0.1) is 0 Å². The van der Waals surface area contributed by atoms with Crippen molar-refractivity contribution in [2.24, 2.45) is 11.8 Å². The van der Waals surface area contributed by atoms with Crippen LogP contribution >= 0.6 is 0 Å². The molecule has 6 nitrogen and oxygen atoms in total. The molecule has 1 N–H and O–H groups in total. The normalized spacial score (nSPS) is 21.7. The number of carbonyl (C=O) groups excluding carboxylic acids is 2. The first kappa shape index (κ1) is 19.5. The highest BCUT2D eigenvalue weighted by Crippen LogP contribution is 2.38. The molecule has 0 bridgehead atoms. The van der Waals surface area contributed by atoms with Crippen molar-refractivity contribution < 1.29 is 14.0 Å². The van der Waals surface area contributed by atoms with E-state index in [4.69, 9.17) is 0 Å². The number of carbonyl (C=O) groups is 2. The van der Waals surface area contributed by atoms with Gasteiger partial charge in [0.2, 0.25) is 5.91 Å². The van der Waals surface area contributed by atoms with E-state index in [0.29, 0.717) is 24.7 Å². The highest BCUT2D eigenvalue weighted by atomic mass is 19.1. The van der Waals surface area contributed by atoms with Crippen molar-refractivity contribution in [3.05, 3.63) is 59.7 Å². The first-order valence-electron chi connectivity index (χ1n) is 10.0. The van der Waals surface area contributed by atoms with Crippen LogP contribution in [0.1, 0.15) is 29.3 Å². The molecule has 0 spiro atoms. The number of nitrogens with zero attached hydrogens (tertiary/aromatic N) is 3. The van der Waals surface area contributed by atoms with Crippen molar-refractivity contribution in [3.63, 3.8) is 0 Å². The van der Waals surface area contributed by atoms with E-state index in [0.717, 1.165) is 31.6 Å². The highest BCUT2D eigenvalue weighted by Gasteiger charge is 2.39. The number of nitrogens with one attached hydrogen (secondary N) is 1. The van der Waals surface area contributed by atoms with E-state index in [1.165, 1.54) is 18.2 Å². The minimum atomic E-state index is -0.485. The average molecular weight is 396 g/mol. The second-order valence-corrected chi connectivity index (χ2v) is 7.93. The number of hydrogen-bond acceptors (Lipinski definition) is 4. The van der Waals surface area contributed by atoms with E-state index >= 15 is 0 Å². The Morgan fingerprint density at radius 2 is 1.97 bits per heavy atom. The first-order valence-corrected chi connectivity index (χ1v) is 10.0. The summed E-state index contributed by atoms with van der Waals surface area (Å²) in [4.78, 5) is 33.5. The van der Waals surface area contributed by atoms with E-state index in [1.807, 2.05) is 25.3 Å². The van der Waals surface area contributed by atoms with Gasteiger partial charge in [-0.1, -0.05) is 13.0 Å². The molecule has 1 saturated carbocycles. The third kappa shape index (κ3) is 4.62. The van der Waals surface area contributed by atoms with Crippen LogP contribution < -0.4 is 5.32 Å². The van der Waals surface area contributed by atoms with Crippen molar-refractivity contribution in [2.75, 3.05) is 31.5 Å². The lowest BCUT2D eigenvalue weighted by molar-refractivity contribution is -0.117. The molecule has 152 valence electrons. The summed E-state index contributed by atoms with van der Waals surface area (Å²) in [7, 11) is 0. The van der Waals surface area contributed by atoms with Gasteiger partial charge in [-0.25, -0.2) is 4.39 Å². The van der Waals surface area contributed by atoms with E-state index in [1.54, 1.807) is 11.1 Å². The molecule has 2 aliphatic rings. The summed E-state index contributed by atoms with van der Waals surface area (Å²) in [5, 5.41) is 2.82. The minimum Gasteiger partial charge on any atom is -0.336 e. The Balaban J connectivity index is 1.40. The van der Waals surface area contributed by atoms with Crippen molar-refractivity contribution >= 4 is 17.5 Å². The van der Waals surface area contributed by atoms with Crippen molar-refractivity contribution in [3.8, 4) is 0 Å². The van der Waals surface area contributed by atoms with Gasteiger partial charge in [0.05, 0.1) is 11.3 Å². The summed E-state index contributed by atoms with van der Waals surface area (Å²) in [6.45, 7) is 5.39. The fourth-order valence-corrected chi connectivity index (χ4v) is 3.74. The molecule has 2 atom stereocenters. The molecule has 2 heterocycles. The zero-order valence-corrected chi connectivity index (χ0v) is 16.5. The standard InChI is InChI=1S/C22H25FN4O2/c1-15-11-18(15)21(28)25-20-5-4-17(23)12-19(20)22(29)27-9-7-26(8-10-27)14-16-3-2-6-24-13-16/h2-6,12-13,15,18H,7-11,14H2,1H3,(H,25,28). The predicted octanol–water partition coefficient (Wildman–Crippen LogP) is 2.77. The Bertz CT molecular complexity index is 897. The molecular weight excluding hydrogens is 371 g/mol. The molecule has 2 unspecified atom stereocenters. The molecule has 1 aromatic carbocycles. The van der Waals surface area contributed by atoms with Crippen LogP contribution in [0.4, 0.5) is 10.1 Å². The molecular formula is C22H25FN4O2. The number of benzene rings is 1. The summed E-state index contributed by atoms with van der Waals surface area (Å²) in [5.41, 5.74) is 1.74. The smallest absolute Gasteiger partial charge is 0.256 e. The van der Waals surface area contributed by atoms with Gasteiger partial charge >= 0.3 is 0 Å². The zero-order valence-electron chi connectivity index (χ0n) is 16.5. The number of hydrogen-bond donors (Lipinski definition) is 1. The van der Waals surface area contributed by atoms with E-state index in [9.17, 15) is 14.0 Å². The quantitative estimate of drug-likeness (QED) is 0.844. The van der Waals surface area contributed by atoms with Crippen LogP contribution in [0.2, 0.25) is 0 Å². The Kier molecular flexibility index (Phi) is 5.58. The third-order valence-electron chi connectivity index (χ3n) is 5.70. The molecule has 2 fully saturated rings. The fraction of sp³-hybridized carbons (Fsp3) is 0.409. The number of rotatable bonds is 5. The maximum absolute atomic E-state index is 13.9. The summed E-state index contributed by atoms with van der Waals surface area (Å²) < 4.78 is 13.9. The minimum absolute atomic E-state index is 0.0148. The van der Waals surface area contributed by atoms with E-state index < -0.39 is 5.82 Å². The summed E-state index contributed by atoms with van der Waals surface area (Å²) >= 11 is 0. The number of pyridine rings is 1. The zero-order chi connectivity index (χ0) is 20.4. The van der Waals surface area contributed by atoms with Crippen LogP contribution in [-0.2, 0) is 11.3 Å². The Hall–Kier alpha value is -2.80. The Morgan fingerprint density at radius 3 is 2.62 bits per heavy atom. The molecule has 29 heavy (non-hydrogen) atoms. The SMILES string of the molecule is CC1CC1C(=O)Nc1ccc(F)cc1C(=O)N1CCN(Cc2cccnc2)CC1. The van der Waals surface area contributed by atoms with Gasteiger partial charge in [0.1, 0.15) is 5.82 Å². The van der Waals surface area contributed by atoms with Gasteiger partial charge in [0, 0.05) is 51.0 Å². The topological polar surface area (TPSA) is 65.5 Å².